The standard InChI is InChI=1S/C12H21N3OS/c1-3-9(7-12(13)15-16)14-8-11-6-5-10(4-2)17-11/h5-6,9,14,16H,3-4,7-8H2,1-2H3,(H2,13,15). The largest absolute Gasteiger partial charge is 0.409 e. The molecule has 0 fully saturated rings. The van der Waals surface area contributed by atoms with Crippen molar-refractivity contribution in [1.82, 2.24) is 5.32 Å². The third-order valence-corrected chi connectivity index (χ3v) is 3.94. The molecule has 0 aliphatic rings. The number of hydrogen-bond acceptors (Lipinski definition) is 4. The number of amidine groups is 1. The van der Waals surface area contributed by atoms with Crippen molar-refractivity contribution < 1.29 is 5.21 Å². The summed E-state index contributed by atoms with van der Waals surface area (Å²) in [6.07, 6.45) is 2.63. The van der Waals surface area contributed by atoms with Gasteiger partial charge in [-0.1, -0.05) is 19.0 Å². The van der Waals surface area contributed by atoms with Gasteiger partial charge in [0, 0.05) is 28.8 Å². The minimum Gasteiger partial charge on any atom is -0.409 e. The van der Waals surface area contributed by atoms with Gasteiger partial charge < -0.3 is 16.3 Å². The molecule has 1 heterocycles. The van der Waals surface area contributed by atoms with Crippen LogP contribution >= 0.6 is 11.3 Å². The van der Waals surface area contributed by atoms with E-state index in [0.717, 1.165) is 19.4 Å². The van der Waals surface area contributed by atoms with Crippen molar-refractivity contribution in [2.24, 2.45) is 10.9 Å². The zero-order valence-electron chi connectivity index (χ0n) is 10.4. The molecule has 0 aliphatic carbocycles. The Morgan fingerprint density at radius 3 is 2.71 bits per heavy atom. The van der Waals surface area contributed by atoms with Crippen LogP contribution in [-0.4, -0.2) is 17.1 Å². The highest BCUT2D eigenvalue weighted by Gasteiger charge is 2.09. The van der Waals surface area contributed by atoms with Gasteiger partial charge in [-0.25, -0.2) is 0 Å². The van der Waals surface area contributed by atoms with Crippen LogP contribution in [-0.2, 0) is 13.0 Å². The van der Waals surface area contributed by atoms with E-state index < -0.39 is 0 Å². The summed E-state index contributed by atoms with van der Waals surface area (Å²) in [7, 11) is 0. The van der Waals surface area contributed by atoms with Gasteiger partial charge in [0.2, 0.25) is 0 Å². The molecule has 96 valence electrons. The van der Waals surface area contributed by atoms with E-state index in [1.807, 2.05) is 11.3 Å². The highest BCUT2D eigenvalue weighted by Crippen LogP contribution is 2.17. The van der Waals surface area contributed by atoms with Crippen molar-refractivity contribution in [3.8, 4) is 0 Å². The van der Waals surface area contributed by atoms with E-state index in [0.29, 0.717) is 6.42 Å². The summed E-state index contributed by atoms with van der Waals surface area (Å²) in [6, 6.07) is 4.59. The Kier molecular flexibility index (Phi) is 6.00. The summed E-state index contributed by atoms with van der Waals surface area (Å²) in [5, 5.41) is 15.0. The van der Waals surface area contributed by atoms with Crippen molar-refractivity contribution in [2.75, 3.05) is 0 Å². The molecule has 17 heavy (non-hydrogen) atoms. The van der Waals surface area contributed by atoms with Crippen LogP contribution in [0.2, 0.25) is 0 Å². The van der Waals surface area contributed by atoms with Crippen LogP contribution in [0.25, 0.3) is 0 Å². The Morgan fingerprint density at radius 2 is 2.18 bits per heavy atom. The molecule has 5 heteroatoms. The normalized spacial score (nSPS) is 13.9. The number of nitrogens with zero attached hydrogens (tertiary/aromatic N) is 1. The fourth-order valence-electron chi connectivity index (χ4n) is 1.61. The zero-order chi connectivity index (χ0) is 12.7. The van der Waals surface area contributed by atoms with Crippen LogP contribution in [0.4, 0.5) is 0 Å². The molecule has 0 aliphatic heterocycles. The average Bonchev–Trinajstić information content (AvgIpc) is 2.82. The van der Waals surface area contributed by atoms with E-state index >= 15 is 0 Å². The lowest BCUT2D eigenvalue weighted by Gasteiger charge is -2.15. The molecule has 0 spiro atoms. The molecular formula is C12H21N3OS. The molecule has 1 rings (SSSR count). The van der Waals surface area contributed by atoms with E-state index in [2.05, 4.69) is 36.5 Å². The Labute approximate surface area is 107 Å². The summed E-state index contributed by atoms with van der Waals surface area (Å²) >= 11 is 1.84. The Hall–Kier alpha value is -1.07. The van der Waals surface area contributed by atoms with Gasteiger partial charge in [-0.15, -0.1) is 11.3 Å². The number of nitrogens with one attached hydrogen (secondary N) is 1. The molecule has 4 N–H and O–H groups in total. The monoisotopic (exact) mass is 255 g/mol. The van der Waals surface area contributed by atoms with E-state index in [4.69, 9.17) is 10.9 Å². The molecular weight excluding hydrogens is 234 g/mol. The van der Waals surface area contributed by atoms with Crippen molar-refractivity contribution in [3.63, 3.8) is 0 Å². The van der Waals surface area contributed by atoms with Gasteiger partial charge in [0.15, 0.2) is 0 Å². The average molecular weight is 255 g/mol. The van der Waals surface area contributed by atoms with Gasteiger partial charge >= 0.3 is 0 Å². The number of hydrogen-bond donors (Lipinski definition) is 3. The van der Waals surface area contributed by atoms with Gasteiger partial charge in [-0.2, -0.15) is 0 Å². The van der Waals surface area contributed by atoms with E-state index in [1.165, 1.54) is 9.75 Å². The second-order valence-electron chi connectivity index (χ2n) is 4.00. The zero-order valence-corrected chi connectivity index (χ0v) is 11.3. The first kappa shape index (κ1) is 14.0. The van der Waals surface area contributed by atoms with Gasteiger partial charge in [-0.05, 0) is 25.0 Å². The first-order chi connectivity index (χ1) is 8.19. The van der Waals surface area contributed by atoms with Crippen molar-refractivity contribution in [2.45, 2.75) is 45.7 Å². The molecule has 0 saturated carbocycles. The minimum atomic E-state index is 0.262. The minimum absolute atomic E-state index is 0.262. The molecule has 1 atom stereocenters. The molecule has 0 amide bonds. The summed E-state index contributed by atoms with van der Waals surface area (Å²) in [6.45, 7) is 5.10. The highest BCUT2D eigenvalue weighted by molar-refractivity contribution is 7.11. The van der Waals surface area contributed by atoms with Gasteiger partial charge in [0.05, 0.1) is 0 Å². The molecule has 0 saturated heterocycles. The molecule has 0 aromatic carbocycles. The molecule has 0 radical (unpaired) electrons. The molecule has 0 bridgehead atoms. The number of rotatable bonds is 7. The highest BCUT2D eigenvalue weighted by atomic mass is 32.1. The first-order valence-corrected chi connectivity index (χ1v) is 6.78. The van der Waals surface area contributed by atoms with Gasteiger partial charge in [-0.3, -0.25) is 0 Å². The predicted octanol–water partition coefficient (Wildman–Crippen LogP) is 2.32. The second kappa shape index (κ2) is 7.29. The molecule has 1 aromatic heterocycles. The first-order valence-electron chi connectivity index (χ1n) is 5.96. The van der Waals surface area contributed by atoms with Crippen LogP contribution < -0.4 is 11.1 Å². The fourth-order valence-corrected chi connectivity index (χ4v) is 2.52. The summed E-state index contributed by atoms with van der Waals surface area (Å²) in [4.78, 5) is 2.74. The summed E-state index contributed by atoms with van der Waals surface area (Å²) < 4.78 is 0. The lowest BCUT2D eigenvalue weighted by molar-refractivity contribution is 0.315. The van der Waals surface area contributed by atoms with Gasteiger partial charge in [0.1, 0.15) is 5.84 Å². The SMILES string of the molecule is CCc1ccc(CNC(CC)C/C(N)=N/O)s1. The van der Waals surface area contributed by atoms with Crippen LogP contribution in [0.5, 0.6) is 0 Å². The summed E-state index contributed by atoms with van der Waals surface area (Å²) in [5.41, 5.74) is 5.51. The molecule has 4 nitrogen and oxygen atoms in total. The number of aryl methyl sites for hydroxylation is 1. The van der Waals surface area contributed by atoms with Crippen LogP contribution in [0, 0.1) is 0 Å². The predicted molar refractivity (Wildman–Crippen MR) is 72.6 cm³/mol. The van der Waals surface area contributed by atoms with E-state index in [-0.39, 0.29) is 11.9 Å². The smallest absolute Gasteiger partial charge is 0.140 e. The van der Waals surface area contributed by atoms with Crippen LogP contribution in [0.1, 0.15) is 36.4 Å². The Morgan fingerprint density at radius 1 is 1.47 bits per heavy atom. The van der Waals surface area contributed by atoms with Crippen LogP contribution in [0.3, 0.4) is 0 Å². The Bertz CT molecular complexity index is 362. The molecule has 1 unspecified atom stereocenters. The third-order valence-electron chi connectivity index (χ3n) is 2.71. The number of oxime groups is 1. The maximum Gasteiger partial charge on any atom is 0.140 e. The van der Waals surface area contributed by atoms with E-state index in [1.54, 1.807) is 0 Å². The van der Waals surface area contributed by atoms with Crippen LogP contribution in [0.15, 0.2) is 17.3 Å². The molecule has 1 aromatic rings. The quantitative estimate of drug-likeness (QED) is 0.303. The summed E-state index contributed by atoms with van der Waals surface area (Å²) in [5.74, 6) is 0.282. The maximum absolute atomic E-state index is 8.54. The van der Waals surface area contributed by atoms with E-state index in [9.17, 15) is 0 Å². The second-order valence-corrected chi connectivity index (χ2v) is 5.26. The Balaban J connectivity index is 2.41. The fraction of sp³-hybridized carbons (Fsp3) is 0.583. The lowest BCUT2D eigenvalue weighted by Crippen LogP contribution is -2.32. The lowest BCUT2D eigenvalue weighted by atomic mass is 10.1. The van der Waals surface area contributed by atoms with Crippen molar-refractivity contribution in [1.29, 1.82) is 0 Å². The third kappa shape index (κ3) is 4.75. The number of thiophene rings is 1. The van der Waals surface area contributed by atoms with Crippen molar-refractivity contribution >= 4 is 17.2 Å². The topological polar surface area (TPSA) is 70.6 Å². The van der Waals surface area contributed by atoms with Crippen molar-refractivity contribution in [3.05, 3.63) is 21.9 Å². The maximum atomic E-state index is 8.54. The van der Waals surface area contributed by atoms with Gasteiger partial charge in [0.25, 0.3) is 0 Å². The number of nitrogens with two attached hydrogens (primary N) is 1.